The summed E-state index contributed by atoms with van der Waals surface area (Å²) < 4.78 is 5.90. The zero-order valence-electron chi connectivity index (χ0n) is 9.33. The van der Waals surface area contributed by atoms with Gasteiger partial charge in [-0.2, -0.15) is 0 Å². The minimum atomic E-state index is -0.201. The summed E-state index contributed by atoms with van der Waals surface area (Å²) in [4.78, 5) is 0. The maximum Gasteiger partial charge on any atom is 0.0791 e. The number of hydrogen-bond donors (Lipinski definition) is 1. The van der Waals surface area contributed by atoms with Gasteiger partial charge in [-0.3, -0.25) is 0 Å². The van der Waals surface area contributed by atoms with Gasteiger partial charge in [0.25, 0.3) is 0 Å². The number of allylic oxidation sites excluding steroid dienone is 3. The summed E-state index contributed by atoms with van der Waals surface area (Å²) in [7, 11) is 0. The first kappa shape index (κ1) is 10.3. The van der Waals surface area contributed by atoms with Crippen LogP contribution in [0.2, 0.25) is 0 Å². The number of hydrogen-bond acceptors (Lipinski definition) is 2. The van der Waals surface area contributed by atoms with Gasteiger partial charge in [0.2, 0.25) is 0 Å². The molecule has 1 heterocycles. The van der Waals surface area contributed by atoms with E-state index >= 15 is 0 Å². The fourth-order valence-electron chi connectivity index (χ4n) is 3.13. The molecule has 86 valence electrons. The van der Waals surface area contributed by atoms with E-state index in [1.807, 2.05) is 0 Å². The topological polar surface area (TPSA) is 29.5 Å². The molecule has 5 atom stereocenters. The van der Waals surface area contributed by atoms with Crippen molar-refractivity contribution in [2.24, 2.45) is 17.8 Å². The monoisotopic (exact) mass is 218 g/mol. The Balaban J connectivity index is 1.86. The van der Waals surface area contributed by atoms with Crippen LogP contribution < -0.4 is 0 Å². The summed E-state index contributed by atoms with van der Waals surface area (Å²) >= 11 is 0. The van der Waals surface area contributed by atoms with Crippen molar-refractivity contribution in [3.8, 4) is 0 Å². The number of fused-ring (bicyclic) bond motifs is 3. The number of aliphatic hydroxyl groups is 1. The van der Waals surface area contributed by atoms with Gasteiger partial charge in [-0.15, -0.1) is 0 Å². The molecule has 5 unspecified atom stereocenters. The van der Waals surface area contributed by atoms with E-state index in [0.29, 0.717) is 17.8 Å². The molecule has 1 fully saturated rings. The van der Waals surface area contributed by atoms with Crippen LogP contribution in [0, 0.1) is 17.8 Å². The molecule has 0 aromatic carbocycles. The molecule has 3 rings (SSSR count). The smallest absolute Gasteiger partial charge is 0.0791 e. The summed E-state index contributed by atoms with van der Waals surface area (Å²) in [5, 5.41) is 9.87. The van der Waals surface area contributed by atoms with E-state index in [4.69, 9.17) is 4.74 Å². The Morgan fingerprint density at radius 1 is 1.12 bits per heavy atom. The third-order valence-corrected chi connectivity index (χ3v) is 3.97. The third-order valence-electron chi connectivity index (χ3n) is 3.97. The van der Waals surface area contributed by atoms with E-state index in [9.17, 15) is 5.11 Å². The molecule has 0 radical (unpaired) electrons. The quantitative estimate of drug-likeness (QED) is 0.631. The Morgan fingerprint density at radius 3 is 2.94 bits per heavy atom. The maximum atomic E-state index is 9.87. The van der Waals surface area contributed by atoms with Crippen molar-refractivity contribution in [2.75, 3.05) is 6.61 Å². The predicted molar refractivity (Wildman–Crippen MR) is 62.9 cm³/mol. The van der Waals surface area contributed by atoms with Crippen LogP contribution in [-0.2, 0) is 4.74 Å². The maximum absolute atomic E-state index is 9.87. The van der Waals surface area contributed by atoms with Gasteiger partial charge in [-0.05, 0) is 24.7 Å². The van der Waals surface area contributed by atoms with Gasteiger partial charge in [0.1, 0.15) is 0 Å². The van der Waals surface area contributed by atoms with Crippen molar-refractivity contribution in [3.05, 3.63) is 36.5 Å². The number of ether oxygens (including phenoxy) is 1. The van der Waals surface area contributed by atoms with Crippen LogP contribution in [0.15, 0.2) is 36.5 Å². The second kappa shape index (κ2) is 4.19. The van der Waals surface area contributed by atoms with Crippen LogP contribution in [0.4, 0.5) is 0 Å². The van der Waals surface area contributed by atoms with E-state index in [0.717, 1.165) is 19.4 Å². The Hall–Kier alpha value is -0.860. The lowest BCUT2D eigenvalue weighted by molar-refractivity contribution is -0.0538. The standard InChI is InChI=1S/C14H18O2/c15-11-5-3-7-14-13(8-11)12-6-2-1-4-10(12)9-16-14/h1-4,6-7,10-15H,5,8-9H2. The number of rotatable bonds is 0. The van der Waals surface area contributed by atoms with Gasteiger partial charge in [0.15, 0.2) is 0 Å². The molecule has 0 spiro atoms. The van der Waals surface area contributed by atoms with Crippen LogP contribution in [0.1, 0.15) is 12.8 Å². The second-order valence-corrected chi connectivity index (χ2v) is 5.03. The van der Waals surface area contributed by atoms with Gasteiger partial charge in [0.05, 0.1) is 18.8 Å². The Morgan fingerprint density at radius 2 is 2.00 bits per heavy atom. The van der Waals surface area contributed by atoms with E-state index in [1.54, 1.807) is 0 Å². The molecular weight excluding hydrogens is 200 g/mol. The first-order valence-corrected chi connectivity index (χ1v) is 6.16. The Kier molecular flexibility index (Phi) is 2.70. The summed E-state index contributed by atoms with van der Waals surface area (Å²) in [5.74, 6) is 1.49. The van der Waals surface area contributed by atoms with Gasteiger partial charge in [-0.1, -0.05) is 36.5 Å². The second-order valence-electron chi connectivity index (χ2n) is 5.03. The molecule has 0 aromatic rings. The summed E-state index contributed by atoms with van der Waals surface area (Å²) in [5.41, 5.74) is 0. The highest BCUT2D eigenvalue weighted by molar-refractivity contribution is 5.18. The largest absolute Gasteiger partial charge is 0.393 e. The molecule has 16 heavy (non-hydrogen) atoms. The van der Waals surface area contributed by atoms with Gasteiger partial charge in [0, 0.05) is 5.92 Å². The highest BCUT2D eigenvalue weighted by atomic mass is 16.5. The van der Waals surface area contributed by atoms with Crippen molar-refractivity contribution in [3.63, 3.8) is 0 Å². The lowest BCUT2D eigenvalue weighted by atomic mass is 9.73. The van der Waals surface area contributed by atoms with Crippen molar-refractivity contribution >= 4 is 0 Å². The van der Waals surface area contributed by atoms with Crippen molar-refractivity contribution in [1.29, 1.82) is 0 Å². The van der Waals surface area contributed by atoms with Crippen LogP contribution in [-0.4, -0.2) is 23.9 Å². The molecule has 2 nitrogen and oxygen atoms in total. The summed E-state index contributed by atoms with van der Waals surface area (Å²) in [6.45, 7) is 0.813. The molecule has 1 N–H and O–H groups in total. The SMILES string of the molecule is OC1CC=CC2OCC3C=CC=CC3C2C1. The first-order valence-electron chi connectivity index (χ1n) is 6.16. The van der Waals surface area contributed by atoms with Gasteiger partial charge < -0.3 is 9.84 Å². The van der Waals surface area contributed by atoms with Crippen LogP contribution in [0.25, 0.3) is 0 Å². The van der Waals surface area contributed by atoms with Crippen molar-refractivity contribution in [2.45, 2.75) is 25.0 Å². The highest BCUT2D eigenvalue weighted by Crippen LogP contribution is 2.39. The van der Waals surface area contributed by atoms with E-state index in [2.05, 4.69) is 36.5 Å². The minimum Gasteiger partial charge on any atom is -0.393 e. The molecule has 2 heteroatoms. The average Bonchev–Trinajstić information content (AvgIpc) is 2.50. The molecule has 0 bridgehead atoms. The lowest BCUT2D eigenvalue weighted by Crippen LogP contribution is -2.41. The van der Waals surface area contributed by atoms with Gasteiger partial charge >= 0.3 is 0 Å². The Bertz CT molecular complexity index is 343. The summed E-state index contributed by atoms with van der Waals surface area (Å²) in [6.07, 6.45) is 14.6. The van der Waals surface area contributed by atoms with Crippen molar-refractivity contribution < 1.29 is 9.84 Å². The molecule has 1 aliphatic heterocycles. The molecule has 0 saturated carbocycles. The van der Waals surface area contributed by atoms with E-state index in [-0.39, 0.29) is 12.2 Å². The molecule has 0 amide bonds. The minimum absolute atomic E-state index is 0.201. The fourth-order valence-corrected chi connectivity index (χ4v) is 3.13. The van der Waals surface area contributed by atoms with Crippen LogP contribution in [0.5, 0.6) is 0 Å². The van der Waals surface area contributed by atoms with Crippen molar-refractivity contribution in [1.82, 2.24) is 0 Å². The first-order chi connectivity index (χ1) is 7.84. The molecule has 0 aromatic heterocycles. The zero-order chi connectivity index (χ0) is 11.0. The number of aliphatic hydroxyl groups excluding tert-OH is 1. The molecule has 2 aliphatic carbocycles. The van der Waals surface area contributed by atoms with E-state index in [1.165, 1.54) is 0 Å². The zero-order valence-corrected chi connectivity index (χ0v) is 9.33. The van der Waals surface area contributed by atoms with Crippen LogP contribution >= 0.6 is 0 Å². The molecular formula is C14H18O2. The van der Waals surface area contributed by atoms with Crippen LogP contribution in [0.3, 0.4) is 0 Å². The average molecular weight is 218 g/mol. The van der Waals surface area contributed by atoms with E-state index < -0.39 is 0 Å². The predicted octanol–water partition coefficient (Wildman–Crippen LogP) is 2.07. The third kappa shape index (κ3) is 1.76. The van der Waals surface area contributed by atoms with Gasteiger partial charge in [-0.25, -0.2) is 0 Å². The fraction of sp³-hybridized carbons (Fsp3) is 0.571. The molecule has 3 aliphatic rings. The lowest BCUT2D eigenvalue weighted by Gasteiger charge is -2.41. The highest BCUT2D eigenvalue weighted by Gasteiger charge is 2.39. The molecule has 1 saturated heterocycles. The summed E-state index contributed by atoms with van der Waals surface area (Å²) in [6, 6.07) is 0. The normalized spacial score (nSPS) is 45.9. The Labute approximate surface area is 96.3 Å².